The molecule has 0 aromatic heterocycles. The molecule has 0 spiro atoms. The van der Waals surface area contributed by atoms with Crippen LogP contribution in [0.15, 0.2) is 60.7 Å². The van der Waals surface area contributed by atoms with E-state index in [4.69, 9.17) is 0 Å². The Kier molecular flexibility index (Phi) is 5.20. The molecule has 6 N–H and O–H groups in total. The molecule has 6 atom stereocenters. The first-order chi connectivity index (χ1) is 13.2. The molecule has 0 amide bonds. The summed E-state index contributed by atoms with van der Waals surface area (Å²) in [6.45, 7) is 0. The first-order valence-electron chi connectivity index (χ1n) is 8.53. The van der Waals surface area contributed by atoms with Crippen LogP contribution < -0.4 is 0 Å². The fraction of sp³-hybridized carbons (Fsp3) is 0.300. The van der Waals surface area contributed by atoms with Crippen molar-refractivity contribution in [1.82, 2.24) is 0 Å². The van der Waals surface area contributed by atoms with Crippen molar-refractivity contribution in [1.29, 1.82) is 0 Å². The Balaban J connectivity index is 2.12. The van der Waals surface area contributed by atoms with Crippen LogP contribution in [0, 0.1) is 0 Å². The van der Waals surface area contributed by atoms with E-state index in [9.17, 15) is 40.2 Å². The molecule has 3 rings (SSSR count). The Morgan fingerprint density at radius 2 is 0.964 bits per heavy atom. The summed E-state index contributed by atoms with van der Waals surface area (Å²) in [7, 11) is 0. The van der Waals surface area contributed by atoms with Crippen LogP contribution in [0.2, 0.25) is 0 Å². The highest BCUT2D eigenvalue weighted by atomic mass is 16.4. The first kappa shape index (κ1) is 20.3. The van der Waals surface area contributed by atoms with E-state index >= 15 is 0 Å². The maximum absolute atomic E-state index is 12.9. The molecule has 0 heterocycles. The van der Waals surface area contributed by atoms with E-state index in [1.165, 1.54) is 48.5 Å². The summed E-state index contributed by atoms with van der Waals surface area (Å²) < 4.78 is 0. The van der Waals surface area contributed by atoms with Gasteiger partial charge in [0, 0.05) is 11.1 Å². The van der Waals surface area contributed by atoms with Crippen LogP contribution in [-0.4, -0.2) is 77.8 Å². The van der Waals surface area contributed by atoms with Crippen LogP contribution in [0.1, 0.15) is 20.7 Å². The Bertz CT molecular complexity index is 799. The molecule has 8 nitrogen and oxygen atoms in total. The number of aliphatic hydroxyl groups is 6. The zero-order chi connectivity index (χ0) is 20.7. The van der Waals surface area contributed by atoms with E-state index in [0.29, 0.717) is 0 Å². The first-order valence-corrected chi connectivity index (χ1v) is 8.53. The lowest BCUT2D eigenvalue weighted by atomic mass is 9.63. The van der Waals surface area contributed by atoms with Gasteiger partial charge in [0.05, 0.1) is 0 Å². The monoisotopic (exact) mass is 388 g/mol. The van der Waals surface area contributed by atoms with Crippen molar-refractivity contribution < 1.29 is 40.2 Å². The number of benzene rings is 2. The molecule has 0 radical (unpaired) electrons. The number of Topliss-reactive ketones (excluding diaryl/α,β-unsaturated/α-hetero) is 2. The fourth-order valence-corrected chi connectivity index (χ4v) is 3.51. The lowest BCUT2D eigenvalue weighted by molar-refractivity contribution is -0.271. The maximum Gasteiger partial charge on any atom is 0.199 e. The summed E-state index contributed by atoms with van der Waals surface area (Å²) in [6, 6.07) is 14.2. The van der Waals surface area contributed by atoms with E-state index in [1.54, 1.807) is 12.1 Å². The van der Waals surface area contributed by atoms with Gasteiger partial charge in [-0.05, 0) is 0 Å². The van der Waals surface area contributed by atoms with Gasteiger partial charge in [0.2, 0.25) is 0 Å². The molecule has 0 aliphatic heterocycles. The number of aliphatic hydroxyl groups excluding tert-OH is 4. The molecule has 28 heavy (non-hydrogen) atoms. The van der Waals surface area contributed by atoms with Gasteiger partial charge in [-0.15, -0.1) is 0 Å². The largest absolute Gasteiger partial charge is 0.387 e. The van der Waals surface area contributed by atoms with Crippen molar-refractivity contribution in [2.24, 2.45) is 0 Å². The lowest BCUT2D eigenvalue weighted by Crippen LogP contribution is -2.80. The highest BCUT2D eigenvalue weighted by molar-refractivity contribution is 6.07. The number of hydrogen-bond donors (Lipinski definition) is 6. The Labute approximate surface area is 159 Å². The van der Waals surface area contributed by atoms with E-state index in [-0.39, 0.29) is 11.1 Å². The van der Waals surface area contributed by atoms with Gasteiger partial charge in [-0.25, -0.2) is 0 Å². The van der Waals surface area contributed by atoms with E-state index in [1.807, 2.05) is 0 Å². The summed E-state index contributed by atoms with van der Waals surface area (Å²) in [5, 5.41) is 63.3. The quantitative estimate of drug-likeness (QED) is 0.352. The summed E-state index contributed by atoms with van der Waals surface area (Å²) >= 11 is 0. The number of carbonyl (C=O) groups is 2. The van der Waals surface area contributed by atoms with Gasteiger partial charge in [0.1, 0.15) is 24.4 Å². The van der Waals surface area contributed by atoms with Gasteiger partial charge in [0.25, 0.3) is 0 Å². The molecule has 8 heteroatoms. The minimum atomic E-state index is -3.15. The van der Waals surface area contributed by atoms with E-state index in [2.05, 4.69) is 0 Å². The van der Waals surface area contributed by atoms with Crippen LogP contribution >= 0.6 is 0 Å². The zero-order valence-corrected chi connectivity index (χ0v) is 14.6. The van der Waals surface area contributed by atoms with Crippen molar-refractivity contribution in [3.05, 3.63) is 71.8 Å². The van der Waals surface area contributed by atoms with Crippen LogP contribution in [0.4, 0.5) is 0 Å². The third-order valence-corrected chi connectivity index (χ3v) is 5.18. The molecular formula is C20H20O8. The molecule has 1 aliphatic carbocycles. The number of hydrogen-bond acceptors (Lipinski definition) is 8. The van der Waals surface area contributed by atoms with Gasteiger partial charge in [-0.1, -0.05) is 60.7 Å². The van der Waals surface area contributed by atoms with Crippen LogP contribution in [0.5, 0.6) is 0 Å². The minimum absolute atomic E-state index is 0.138. The SMILES string of the molecule is O=C(c1ccccc1)[C@@]1(O)C(O)[C@@](O)(C(=O)c2ccccc2)[C@H](O)C(O)[C@@H]1O. The molecule has 0 bridgehead atoms. The minimum Gasteiger partial charge on any atom is -0.387 e. The molecule has 2 aromatic carbocycles. The highest BCUT2D eigenvalue weighted by Gasteiger charge is 2.70. The molecule has 2 unspecified atom stereocenters. The number of carbonyl (C=O) groups excluding carboxylic acids is 2. The Morgan fingerprint density at radius 3 is 1.29 bits per heavy atom. The van der Waals surface area contributed by atoms with E-state index < -0.39 is 47.2 Å². The maximum atomic E-state index is 12.9. The molecule has 2 aromatic rings. The van der Waals surface area contributed by atoms with Crippen molar-refractivity contribution in [2.75, 3.05) is 0 Å². The molecular weight excluding hydrogens is 368 g/mol. The summed E-state index contributed by atoms with van der Waals surface area (Å²) in [6.07, 6.45) is -9.66. The Hall–Kier alpha value is -2.46. The topological polar surface area (TPSA) is 156 Å². The predicted octanol–water partition coefficient (Wildman–Crippen LogP) is -1.33. The number of rotatable bonds is 4. The van der Waals surface area contributed by atoms with Crippen molar-refractivity contribution in [3.8, 4) is 0 Å². The third-order valence-electron chi connectivity index (χ3n) is 5.18. The fourth-order valence-electron chi connectivity index (χ4n) is 3.51. The summed E-state index contributed by atoms with van der Waals surface area (Å²) in [5.74, 6) is -2.45. The second-order valence-electron chi connectivity index (χ2n) is 6.82. The van der Waals surface area contributed by atoms with Crippen molar-refractivity contribution in [2.45, 2.75) is 35.6 Å². The van der Waals surface area contributed by atoms with Crippen molar-refractivity contribution >= 4 is 11.6 Å². The third kappa shape index (κ3) is 2.78. The molecule has 1 fully saturated rings. The average molecular weight is 388 g/mol. The van der Waals surface area contributed by atoms with Crippen molar-refractivity contribution in [3.63, 3.8) is 0 Å². The second kappa shape index (κ2) is 7.17. The highest BCUT2D eigenvalue weighted by Crippen LogP contribution is 2.40. The van der Waals surface area contributed by atoms with Gasteiger partial charge < -0.3 is 30.6 Å². The molecule has 1 aliphatic rings. The molecule has 0 saturated heterocycles. The lowest BCUT2D eigenvalue weighted by Gasteiger charge is -2.51. The zero-order valence-electron chi connectivity index (χ0n) is 14.6. The van der Waals surface area contributed by atoms with Gasteiger partial charge in [-0.3, -0.25) is 9.59 Å². The summed E-state index contributed by atoms with van der Waals surface area (Å²) in [5.41, 5.74) is -6.58. The van der Waals surface area contributed by atoms with Gasteiger partial charge in [-0.2, -0.15) is 0 Å². The Morgan fingerprint density at radius 1 is 0.643 bits per heavy atom. The smallest absolute Gasteiger partial charge is 0.199 e. The van der Waals surface area contributed by atoms with Crippen LogP contribution in [0.25, 0.3) is 0 Å². The van der Waals surface area contributed by atoms with Gasteiger partial charge in [0.15, 0.2) is 22.8 Å². The van der Waals surface area contributed by atoms with E-state index in [0.717, 1.165) is 0 Å². The number of ketones is 2. The average Bonchev–Trinajstić information content (AvgIpc) is 2.75. The van der Waals surface area contributed by atoms with Gasteiger partial charge >= 0.3 is 0 Å². The van der Waals surface area contributed by atoms with Crippen LogP contribution in [0.3, 0.4) is 0 Å². The standard InChI is InChI=1S/C20H20O8/c21-13-16(24)19(27,14(22)11-7-3-1-4-8-11)18(26)20(28,17(13)25)15(23)12-9-5-2-6-10-12/h1-10,13,16-18,21,24-28H/t13?,16-,17+,18?,19-,20+. The molecule has 148 valence electrons. The normalized spacial score (nSPS) is 35.4. The molecule has 1 saturated carbocycles. The van der Waals surface area contributed by atoms with Crippen LogP contribution in [-0.2, 0) is 0 Å². The summed E-state index contributed by atoms with van der Waals surface area (Å²) in [4.78, 5) is 25.7. The predicted molar refractivity (Wildman–Crippen MR) is 95.5 cm³/mol. The second-order valence-corrected chi connectivity index (χ2v) is 6.82.